The van der Waals surface area contributed by atoms with Gasteiger partial charge in [-0.25, -0.2) is 9.97 Å². The number of hydrogen-bond acceptors (Lipinski definition) is 4. The molecule has 0 aromatic carbocycles. The molecule has 0 atom stereocenters. The third-order valence-corrected chi connectivity index (χ3v) is 2.71. The largest absolute Gasteiger partial charge is 0.384 e. The molecule has 0 unspecified atom stereocenters. The highest BCUT2D eigenvalue weighted by atomic mass is 15.2. The molecule has 0 spiro atoms. The Morgan fingerprint density at radius 1 is 1.47 bits per heavy atom. The SMILES string of the molecule is CCCc1nc(N)cc(N(C)C2CC2)n1. The van der Waals surface area contributed by atoms with Crippen LogP contribution in [0.3, 0.4) is 0 Å². The van der Waals surface area contributed by atoms with E-state index < -0.39 is 0 Å². The third-order valence-electron chi connectivity index (χ3n) is 2.71. The summed E-state index contributed by atoms with van der Waals surface area (Å²) >= 11 is 0. The highest BCUT2D eigenvalue weighted by Gasteiger charge is 2.27. The van der Waals surface area contributed by atoms with Gasteiger partial charge in [-0.3, -0.25) is 0 Å². The van der Waals surface area contributed by atoms with E-state index in [0.717, 1.165) is 24.5 Å². The van der Waals surface area contributed by atoms with Crippen LogP contribution >= 0.6 is 0 Å². The van der Waals surface area contributed by atoms with E-state index in [4.69, 9.17) is 5.73 Å². The molecule has 1 heterocycles. The summed E-state index contributed by atoms with van der Waals surface area (Å²) in [6.45, 7) is 2.12. The first kappa shape index (κ1) is 10.2. The van der Waals surface area contributed by atoms with Crippen LogP contribution in [0.4, 0.5) is 11.6 Å². The lowest BCUT2D eigenvalue weighted by Crippen LogP contribution is -2.21. The Morgan fingerprint density at radius 3 is 2.80 bits per heavy atom. The van der Waals surface area contributed by atoms with Gasteiger partial charge in [-0.05, 0) is 19.3 Å². The molecule has 4 heteroatoms. The Hall–Kier alpha value is -1.32. The van der Waals surface area contributed by atoms with Crippen molar-refractivity contribution in [2.45, 2.75) is 38.6 Å². The molecule has 0 amide bonds. The highest BCUT2D eigenvalue weighted by Crippen LogP contribution is 2.29. The normalized spacial score (nSPS) is 15.3. The number of nitrogens with two attached hydrogens (primary N) is 1. The first-order valence-corrected chi connectivity index (χ1v) is 5.57. The van der Waals surface area contributed by atoms with Gasteiger partial charge in [0.15, 0.2) is 0 Å². The number of hydrogen-bond donors (Lipinski definition) is 1. The number of rotatable bonds is 4. The Balaban J connectivity index is 2.21. The monoisotopic (exact) mass is 206 g/mol. The topological polar surface area (TPSA) is 55.0 Å². The first-order chi connectivity index (χ1) is 7.20. The summed E-state index contributed by atoms with van der Waals surface area (Å²) < 4.78 is 0. The predicted octanol–water partition coefficient (Wildman–Crippen LogP) is 1.61. The van der Waals surface area contributed by atoms with Gasteiger partial charge in [0, 0.05) is 25.6 Å². The van der Waals surface area contributed by atoms with Crippen molar-refractivity contribution in [3.8, 4) is 0 Å². The van der Waals surface area contributed by atoms with E-state index in [1.54, 1.807) is 0 Å². The van der Waals surface area contributed by atoms with E-state index in [9.17, 15) is 0 Å². The highest BCUT2D eigenvalue weighted by molar-refractivity contribution is 5.48. The van der Waals surface area contributed by atoms with Gasteiger partial charge in [0.25, 0.3) is 0 Å². The van der Waals surface area contributed by atoms with Crippen molar-refractivity contribution in [1.82, 2.24) is 9.97 Å². The number of nitrogen functional groups attached to an aromatic ring is 1. The van der Waals surface area contributed by atoms with Crippen LogP contribution in [0.1, 0.15) is 32.0 Å². The number of nitrogens with zero attached hydrogens (tertiary/aromatic N) is 3. The van der Waals surface area contributed by atoms with Crippen LogP contribution in [0.2, 0.25) is 0 Å². The van der Waals surface area contributed by atoms with Gasteiger partial charge in [-0.15, -0.1) is 0 Å². The fraction of sp³-hybridized carbons (Fsp3) is 0.636. The number of aromatic nitrogens is 2. The van der Waals surface area contributed by atoms with Crippen LogP contribution in [0.15, 0.2) is 6.07 Å². The van der Waals surface area contributed by atoms with Crippen molar-refractivity contribution in [1.29, 1.82) is 0 Å². The Morgan fingerprint density at radius 2 is 2.20 bits per heavy atom. The maximum absolute atomic E-state index is 5.77. The van der Waals surface area contributed by atoms with Crippen LogP contribution in [-0.4, -0.2) is 23.1 Å². The van der Waals surface area contributed by atoms with Gasteiger partial charge in [0.05, 0.1) is 0 Å². The zero-order valence-corrected chi connectivity index (χ0v) is 9.40. The van der Waals surface area contributed by atoms with Crippen molar-refractivity contribution in [2.75, 3.05) is 17.7 Å². The maximum Gasteiger partial charge on any atom is 0.134 e. The quantitative estimate of drug-likeness (QED) is 0.813. The molecule has 1 aromatic rings. The molecule has 82 valence electrons. The van der Waals surface area contributed by atoms with Gasteiger partial charge < -0.3 is 10.6 Å². The summed E-state index contributed by atoms with van der Waals surface area (Å²) in [5.41, 5.74) is 5.77. The van der Waals surface area contributed by atoms with E-state index >= 15 is 0 Å². The molecule has 1 aromatic heterocycles. The lowest BCUT2D eigenvalue weighted by molar-refractivity contribution is 0.813. The second-order valence-electron chi connectivity index (χ2n) is 4.16. The van der Waals surface area contributed by atoms with Crippen LogP contribution < -0.4 is 10.6 Å². The molecule has 0 bridgehead atoms. The molecule has 0 aliphatic heterocycles. The minimum atomic E-state index is 0.580. The van der Waals surface area contributed by atoms with Crippen molar-refractivity contribution >= 4 is 11.6 Å². The molecule has 0 saturated heterocycles. The van der Waals surface area contributed by atoms with Gasteiger partial charge in [-0.2, -0.15) is 0 Å². The summed E-state index contributed by atoms with van der Waals surface area (Å²) in [7, 11) is 2.08. The molecule has 1 aliphatic carbocycles. The molecule has 2 rings (SSSR count). The molecular formula is C11H18N4. The Labute approximate surface area is 90.5 Å². The fourth-order valence-electron chi connectivity index (χ4n) is 1.67. The van der Waals surface area contributed by atoms with Crippen LogP contribution in [0, 0.1) is 0 Å². The van der Waals surface area contributed by atoms with E-state index in [2.05, 4.69) is 28.8 Å². The Kier molecular flexibility index (Phi) is 2.75. The summed E-state index contributed by atoms with van der Waals surface area (Å²) in [5, 5.41) is 0. The molecule has 1 saturated carbocycles. The van der Waals surface area contributed by atoms with Gasteiger partial charge in [-0.1, -0.05) is 6.92 Å². The van der Waals surface area contributed by atoms with Crippen LogP contribution in [0.5, 0.6) is 0 Å². The summed E-state index contributed by atoms with van der Waals surface area (Å²) in [6, 6.07) is 2.52. The second-order valence-corrected chi connectivity index (χ2v) is 4.16. The zero-order valence-electron chi connectivity index (χ0n) is 9.40. The standard InChI is InChI=1S/C11H18N4/c1-3-4-10-13-9(12)7-11(14-10)15(2)8-5-6-8/h7-8H,3-6H2,1-2H3,(H2,12,13,14). The van der Waals surface area contributed by atoms with Gasteiger partial charge in [0.1, 0.15) is 17.5 Å². The molecular weight excluding hydrogens is 188 g/mol. The summed E-state index contributed by atoms with van der Waals surface area (Å²) in [4.78, 5) is 11.0. The molecule has 2 N–H and O–H groups in total. The average molecular weight is 206 g/mol. The van der Waals surface area contributed by atoms with Crippen molar-refractivity contribution in [3.63, 3.8) is 0 Å². The smallest absolute Gasteiger partial charge is 0.134 e. The third kappa shape index (κ3) is 2.37. The minimum absolute atomic E-state index is 0.580. The van der Waals surface area contributed by atoms with E-state index in [-0.39, 0.29) is 0 Å². The van der Waals surface area contributed by atoms with Crippen molar-refractivity contribution in [2.24, 2.45) is 0 Å². The predicted molar refractivity (Wildman–Crippen MR) is 61.9 cm³/mol. The summed E-state index contributed by atoms with van der Waals surface area (Å²) in [5.74, 6) is 2.41. The molecule has 4 nitrogen and oxygen atoms in total. The molecule has 0 radical (unpaired) electrons. The fourth-order valence-corrected chi connectivity index (χ4v) is 1.67. The first-order valence-electron chi connectivity index (χ1n) is 5.57. The zero-order chi connectivity index (χ0) is 10.8. The maximum atomic E-state index is 5.77. The van der Waals surface area contributed by atoms with Crippen LogP contribution in [0.25, 0.3) is 0 Å². The molecule has 15 heavy (non-hydrogen) atoms. The van der Waals surface area contributed by atoms with Gasteiger partial charge >= 0.3 is 0 Å². The van der Waals surface area contributed by atoms with E-state index in [0.29, 0.717) is 11.9 Å². The Bertz CT molecular complexity index is 346. The average Bonchev–Trinajstić information content (AvgIpc) is 2.99. The lowest BCUT2D eigenvalue weighted by Gasteiger charge is -2.18. The van der Waals surface area contributed by atoms with Crippen molar-refractivity contribution in [3.05, 3.63) is 11.9 Å². The van der Waals surface area contributed by atoms with E-state index in [1.807, 2.05) is 6.07 Å². The lowest BCUT2D eigenvalue weighted by atomic mass is 10.3. The van der Waals surface area contributed by atoms with Crippen molar-refractivity contribution < 1.29 is 0 Å². The number of anilines is 2. The second kappa shape index (κ2) is 4.04. The molecule has 1 fully saturated rings. The molecule has 1 aliphatic rings. The van der Waals surface area contributed by atoms with Gasteiger partial charge in [0.2, 0.25) is 0 Å². The minimum Gasteiger partial charge on any atom is -0.384 e. The number of aryl methyl sites for hydroxylation is 1. The summed E-state index contributed by atoms with van der Waals surface area (Å²) in [6.07, 6.45) is 4.49. The van der Waals surface area contributed by atoms with E-state index in [1.165, 1.54) is 12.8 Å². The van der Waals surface area contributed by atoms with Crippen LogP contribution in [-0.2, 0) is 6.42 Å².